The molecule has 2 aromatic carbocycles. The first-order chi connectivity index (χ1) is 31.5. The summed E-state index contributed by atoms with van der Waals surface area (Å²) in [6.45, 7) is 19.0. The summed E-state index contributed by atoms with van der Waals surface area (Å²) in [5, 5.41) is 5.58. The SMILES string of the molecule is C=CC(=O)N1C[C@@H](C(=O)N(C)C(C(=O)N[C@H]2Cc3cccc(c3)-c3ccc4c(c3)c(c(-c3cccnc3[C@H](C)OC)n4CC)CC(C)(C)COC(=O)[C@@H]3CCCN(N3)C2=O)C(C)C)C[C@H]1C. The zero-order valence-corrected chi connectivity index (χ0v) is 40.1. The van der Waals surface area contributed by atoms with E-state index in [9.17, 15) is 24.0 Å². The quantitative estimate of drug-likeness (QED) is 0.132. The lowest BCUT2D eigenvalue weighted by Crippen LogP contribution is -2.62. The summed E-state index contributed by atoms with van der Waals surface area (Å²) in [5.74, 6) is -2.60. The number of cyclic esters (lactones) is 1. The summed E-state index contributed by atoms with van der Waals surface area (Å²) in [6.07, 6.45) is 5.01. The number of likely N-dealkylation sites (tertiary alicyclic amines) is 1. The van der Waals surface area contributed by atoms with Crippen molar-refractivity contribution in [1.82, 2.24) is 35.1 Å². The van der Waals surface area contributed by atoms with Crippen LogP contribution in [0.2, 0.25) is 0 Å². The van der Waals surface area contributed by atoms with Gasteiger partial charge in [-0.25, -0.2) is 5.43 Å². The molecule has 14 nitrogen and oxygen atoms in total. The highest BCUT2D eigenvalue weighted by Crippen LogP contribution is 2.42. The van der Waals surface area contributed by atoms with Gasteiger partial charge in [-0.2, -0.15) is 0 Å². The number of hydrogen-bond acceptors (Lipinski definition) is 9. The van der Waals surface area contributed by atoms with Crippen molar-refractivity contribution in [2.45, 2.75) is 117 Å². The van der Waals surface area contributed by atoms with Gasteiger partial charge < -0.3 is 29.2 Å². The van der Waals surface area contributed by atoms with Crippen molar-refractivity contribution in [3.05, 3.63) is 90.3 Å². The fourth-order valence-corrected chi connectivity index (χ4v) is 10.2. The summed E-state index contributed by atoms with van der Waals surface area (Å²) in [6, 6.07) is 15.7. The lowest BCUT2D eigenvalue weighted by molar-refractivity contribution is -0.155. The molecule has 3 aliphatic heterocycles. The fraction of sp³-hybridized carbons (Fsp3) is 0.500. The van der Waals surface area contributed by atoms with Gasteiger partial charge >= 0.3 is 5.97 Å². The molecule has 0 radical (unpaired) electrons. The number of hydrogen-bond donors (Lipinski definition) is 2. The number of hydrazine groups is 1. The van der Waals surface area contributed by atoms with Crippen LogP contribution in [0.5, 0.6) is 0 Å². The van der Waals surface area contributed by atoms with E-state index in [1.54, 1.807) is 25.3 Å². The second kappa shape index (κ2) is 19.9. The average molecular weight is 902 g/mol. The highest BCUT2D eigenvalue weighted by Gasteiger charge is 2.42. The van der Waals surface area contributed by atoms with Gasteiger partial charge in [0, 0.05) is 74.3 Å². The van der Waals surface area contributed by atoms with Crippen molar-refractivity contribution in [2.24, 2.45) is 17.3 Å². The molecule has 0 saturated carbocycles. The molecule has 3 aliphatic rings. The summed E-state index contributed by atoms with van der Waals surface area (Å²) in [7, 11) is 3.30. The Bertz CT molecular complexity index is 2500. The predicted molar refractivity (Wildman–Crippen MR) is 255 cm³/mol. The van der Waals surface area contributed by atoms with Crippen LogP contribution in [0.15, 0.2) is 73.4 Å². The third-order valence-electron chi connectivity index (χ3n) is 13.7. The van der Waals surface area contributed by atoms with Crippen molar-refractivity contribution >= 4 is 40.5 Å². The number of nitrogens with one attached hydrogen (secondary N) is 2. The molecule has 4 amide bonds. The van der Waals surface area contributed by atoms with Crippen LogP contribution in [0.3, 0.4) is 0 Å². The molecule has 0 spiro atoms. The monoisotopic (exact) mass is 902 g/mol. The molecule has 1 unspecified atom stereocenters. The molecule has 4 aromatic rings. The molecule has 6 atom stereocenters. The van der Waals surface area contributed by atoms with E-state index in [0.717, 1.165) is 50.1 Å². The van der Waals surface area contributed by atoms with E-state index in [1.807, 2.05) is 45.9 Å². The van der Waals surface area contributed by atoms with E-state index < -0.39 is 47.2 Å². The Labute approximate surface area is 389 Å². The number of likely N-dealkylation sites (N-methyl/N-ethyl adjacent to an activating group) is 1. The summed E-state index contributed by atoms with van der Waals surface area (Å²) in [5.41, 5.74) is 10.5. The van der Waals surface area contributed by atoms with Gasteiger partial charge in [-0.3, -0.25) is 34.0 Å². The van der Waals surface area contributed by atoms with Gasteiger partial charge in [0.2, 0.25) is 17.7 Å². The maximum Gasteiger partial charge on any atom is 0.324 e. The molecule has 2 saturated heterocycles. The van der Waals surface area contributed by atoms with Crippen LogP contribution in [-0.2, 0) is 52.8 Å². The number of nitrogens with zero attached hydrogens (tertiary/aromatic N) is 5. The van der Waals surface area contributed by atoms with Crippen LogP contribution < -0.4 is 10.7 Å². The summed E-state index contributed by atoms with van der Waals surface area (Å²) in [4.78, 5) is 77.7. The first-order valence-corrected chi connectivity index (χ1v) is 23.4. The standard InChI is InChI=1S/C52H67N7O7/c1-11-44(60)58-29-37(24-32(58)5)49(62)56(9)46(31(3)4)48(61)54-42-26-34-16-13-17-35(25-34)36-20-21-43-39(27-36)40(47(57(43)12-2)38-18-14-22-53-45(38)33(6)65-10)28-52(7,8)30-66-51(64)41-19-15-23-59(55-41)50(42)63/h11,13-14,16-18,20-22,25,27,31-33,37,41-42,46,55H,1,12,15,19,23-24,26,28-30H2,2-10H3,(H,54,61)/t32-,33+,37+,41+,42+,46?/m1/s1. The van der Waals surface area contributed by atoms with Crippen molar-refractivity contribution < 1.29 is 33.4 Å². The van der Waals surface area contributed by atoms with Crippen LogP contribution in [0.1, 0.15) is 90.7 Å². The van der Waals surface area contributed by atoms with Crippen LogP contribution in [0.4, 0.5) is 0 Å². The normalized spacial score (nSPS) is 22.1. The lowest BCUT2D eigenvalue weighted by Gasteiger charge is -2.37. The minimum atomic E-state index is -1.05. The molecule has 2 N–H and O–H groups in total. The first-order valence-electron chi connectivity index (χ1n) is 23.4. The number of ether oxygens (including phenoxy) is 2. The summed E-state index contributed by atoms with van der Waals surface area (Å²) < 4.78 is 14.3. The number of esters is 1. The van der Waals surface area contributed by atoms with Crippen LogP contribution in [0.25, 0.3) is 33.3 Å². The Morgan fingerprint density at radius 1 is 1.09 bits per heavy atom. The Hall–Kier alpha value is -5.86. The van der Waals surface area contributed by atoms with Gasteiger partial charge in [0.25, 0.3) is 5.91 Å². The van der Waals surface area contributed by atoms with Crippen molar-refractivity contribution in [1.29, 1.82) is 0 Å². The lowest BCUT2D eigenvalue weighted by atomic mass is 9.84. The Kier molecular flexibility index (Phi) is 14.5. The minimum absolute atomic E-state index is 0.135. The van der Waals surface area contributed by atoms with E-state index in [2.05, 4.69) is 79.1 Å². The topological polar surface area (TPSA) is 155 Å². The zero-order valence-electron chi connectivity index (χ0n) is 40.1. The minimum Gasteiger partial charge on any atom is -0.464 e. The molecular formula is C52H67N7O7. The molecule has 7 rings (SSSR count). The highest BCUT2D eigenvalue weighted by molar-refractivity contribution is 5.96. The number of fused-ring (bicyclic) bond motifs is 6. The van der Waals surface area contributed by atoms with E-state index in [-0.39, 0.29) is 49.5 Å². The number of rotatable bonds is 10. The average Bonchev–Trinajstić information content (AvgIpc) is 3.85. The number of aryl methyl sites for hydroxylation is 1. The van der Waals surface area contributed by atoms with Gasteiger partial charge in [0.15, 0.2) is 0 Å². The Morgan fingerprint density at radius 3 is 2.56 bits per heavy atom. The number of pyridine rings is 1. The van der Waals surface area contributed by atoms with Crippen molar-refractivity contribution in [3.63, 3.8) is 0 Å². The number of methoxy groups -OCH3 is 1. The van der Waals surface area contributed by atoms with E-state index in [0.29, 0.717) is 38.8 Å². The third-order valence-corrected chi connectivity index (χ3v) is 13.7. The van der Waals surface area contributed by atoms with E-state index in [1.165, 1.54) is 16.0 Å². The van der Waals surface area contributed by atoms with Crippen LogP contribution in [0, 0.1) is 17.3 Å². The molecule has 66 heavy (non-hydrogen) atoms. The number of aromatic nitrogens is 2. The largest absolute Gasteiger partial charge is 0.464 e. The van der Waals surface area contributed by atoms with Gasteiger partial charge in [-0.05, 0) is 105 Å². The molecule has 2 aromatic heterocycles. The third kappa shape index (κ3) is 9.81. The van der Waals surface area contributed by atoms with Crippen LogP contribution in [-0.4, -0.2) is 112 Å². The van der Waals surface area contributed by atoms with Crippen molar-refractivity contribution in [2.75, 3.05) is 33.9 Å². The number of carbonyl (C=O) groups excluding carboxylic acids is 5. The van der Waals surface area contributed by atoms with Gasteiger partial charge in [-0.15, -0.1) is 0 Å². The maximum absolute atomic E-state index is 14.7. The van der Waals surface area contributed by atoms with Gasteiger partial charge in [0.1, 0.15) is 18.1 Å². The first kappa shape index (κ1) is 48.1. The Morgan fingerprint density at radius 2 is 1.85 bits per heavy atom. The molecule has 5 heterocycles. The molecule has 2 fully saturated rings. The maximum atomic E-state index is 14.7. The number of carbonyl (C=O) groups is 5. The second-order valence-electron chi connectivity index (χ2n) is 19.5. The number of amides is 4. The number of benzene rings is 2. The Balaban J connectivity index is 1.29. The van der Waals surface area contributed by atoms with Crippen molar-refractivity contribution in [3.8, 4) is 22.4 Å². The highest BCUT2D eigenvalue weighted by atomic mass is 16.5. The second-order valence-corrected chi connectivity index (χ2v) is 19.5. The molecule has 6 bridgehead atoms. The zero-order chi connectivity index (χ0) is 47.6. The smallest absolute Gasteiger partial charge is 0.324 e. The van der Waals surface area contributed by atoms with E-state index in [4.69, 9.17) is 14.5 Å². The van der Waals surface area contributed by atoms with Gasteiger partial charge in [-0.1, -0.05) is 64.6 Å². The summed E-state index contributed by atoms with van der Waals surface area (Å²) >= 11 is 0. The van der Waals surface area contributed by atoms with E-state index >= 15 is 0 Å². The molecular weight excluding hydrogens is 835 g/mol. The molecule has 14 heteroatoms. The molecule has 352 valence electrons. The van der Waals surface area contributed by atoms with Crippen LogP contribution >= 0.6 is 0 Å². The van der Waals surface area contributed by atoms with Gasteiger partial charge in [0.05, 0.1) is 30.0 Å². The fourth-order valence-electron chi connectivity index (χ4n) is 10.2. The molecule has 0 aliphatic carbocycles. The predicted octanol–water partition coefficient (Wildman–Crippen LogP) is 6.65.